The van der Waals surface area contributed by atoms with Crippen LogP contribution in [0, 0.1) is 6.92 Å². The molecule has 0 bridgehead atoms. The summed E-state index contributed by atoms with van der Waals surface area (Å²) in [4.78, 5) is 16.3. The van der Waals surface area contributed by atoms with Crippen LogP contribution >= 0.6 is 27.7 Å². The highest BCUT2D eigenvalue weighted by atomic mass is 79.9. The van der Waals surface area contributed by atoms with E-state index in [1.807, 2.05) is 43.3 Å². The molecule has 0 aliphatic carbocycles. The number of nitrogens with zero attached hydrogens (tertiary/aromatic N) is 2. The quantitative estimate of drug-likeness (QED) is 0.368. The highest BCUT2D eigenvalue weighted by Gasteiger charge is 2.10. The lowest BCUT2D eigenvalue weighted by molar-refractivity contribution is 0.559. The minimum absolute atomic E-state index is 0.360. The molecule has 0 atom stereocenters. The first-order chi connectivity index (χ1) is 12.6. The predicted molar refractivity (Wildman–Crippen MR) is 106 cm³/mol. The van der Waals surface area contributed by atoms with Crippen molar-refractivity contribution >= 4 is 38.7 Å². The van der Waals surface area contributed by atoms with E-state index in [2.05, 4.69) is 31.1 Å². The topological polar surface area (TPSA) is 71.8 Å². The van der Waals surface area contributed by atoms with E-state index in [4.69, 9.17) is 4.42 Å². The number of hydrogen-bond donors (Lipinski definition) is 1. The van der Waals surface area contributed by atoms with Gasteiger partial charge in [-0.1, -0.05) is 57.5 Å². The van der Waals surface area contributed by atoms with E-state index < -0.39 is 0 Å². The molecule has 7 heteroatoms. The molecule has 4 aromatic rings. The molecule has 0 amide bonds. The third kappa shape index (κ3) is 3.59. The molecular formula is C19H14BrN3O2S. The maximum Gasteiger partial charge on any atom is 0.336 e. The zero-order chi connectivity index (χ0) is 18.1. The molecule has 26 heavy (non-hydrogen) atoms. The Bertz CT molecular complexity index is 1140. The summed E-state index contributed by atoms with van der Waals surface area (Å²) in [5.41, 5.74) is 3.30. The maximum absolute atomic E-state index is 11.8. The van der Waals surface area contributed by atoms with Crippen LogP contribution in [-0.2, 0) is 5.75 Å². The van der Waals surface area contributed by atoms with Crippen LogP contribution < -0.4 is 5.63 Å². The fourth-order valence-corrected chi connectivity index (χ4v) is 3.75. The van der Waals surface area contributed by atoms with Crippen LogP contribution in [0.4, 0.5) is 0 Å². The Balaban J connectivity index is 1.57. The first kappa shape index (κ1) is 17.1. The number of H-pyrrole nitrogens is 1. The van der Waals surface area contributed by atoms with Crippen molar-refractivity contribution in [1.82, 2.24) is 15.2 Å². The Morgan fingerprint density at radius 2 is 1.96 bits per heavy atom. The summed E-state index contributed by atoms with van der Waals surface area (Å²) >= 11 is 4.87. The molecule has 0 spiro atoms. The molecule has 2 aromatic carbocycles. The number of benzene rings is 2. The minimum atomic E-state index is -0.360. The lowest BCUT2D eigenvalue weighted by Gasteiger charge is -2.04. The van der Waals surface area contributed by atoms with Crippen LogP contribution in [-0.4, -0.2) is 15.2 Å². The van der Waals surface area contributed by atoms with Gasteiger partial charge in [-0.3, -0.25) is 5.10 Å². The van der Waals surface area contributed by atoms with Gasteiger partial charge in [0.25, 0.3) is 0 Å². The highest BCUT2D eigenvalue weighted by molar-refractivity contribution is 9.10. The van der Waals surface area contributed by atoms with Crippen LogP contribution in [0.2, 0.25) is 0 Å². The third-order valence-electron chi connectivity index (χ3n) is 3.94. The molecule has 0 fully saturated rings. The van der Waals surface area contributed by atoms with Crippen LogP contribution in [0.5, 0.6) is 0 Å². The number of nitrogens with one attached hydrogen (secondary N) is 1. The molecule has 2 aromatic heterocycles. The lowest BCUT2D eigenvalue weighted by Crippen LogP contribution is -1.99. The van der Waals surface area contributed by atoms with Crippen molar-refractivity contribution in [2.24, 2.45) is 0 Å². The van der Waals surface area contributed by atoms with Gasteiger partial charge in [-0.15, -0.1) is 5.10 Å². The molecule has 0 aliphatic heterocycles. The molecule has 0 saturated heterocycles. The summed E-state index contributed by atoms with van der Waals surface area (Å²) in [6.07, 6.45) is 0. The van der Waals surface area contributed by atoms with E-state index in [1.54, 1.807) is 6.07 Å². The van der Waals surface area contributed by atoms with E-state index in [9.17, 15) is 4.79 Å². The fraction of sp³-hybridized carbons (Fsp3) is 0.105. The van der Waals surface area contributed by atoms with Gasteiger partial charge in [0.05, 0.1) is 0 Å². The summed E-state index contributed by atoms with van der Waals surface area (Å²) in [6, 6.07) is 15.3. The van der Waals surface area contributed by atoms with Crippen molar-refractivity contribution in [1.29, 1.82) is 0 Å². The van der Waals surface area contributed by atoms with E-state index in [0.29, 0.717) is 16.5 Å². The molecule has 0 unspecified atom stereocenters. The van der Waals surface area contributed by atoms with Crippen molar-refractivity contribution in [3.63, 3.8) is 0 Å². The van der Waals surface area contributed by atoms with E-state index in [0.717, 1.165) is 26.8 Å². The van der Waals surface area contributed by atoms with E-state index in [-0.39, 0.29) is 5.63 Å². The van der Waals surface area contributed by atoms with Crippen molar-refractivity contribution in [2.75, 3.05) is 0 Å². The molecular weight excluding hydrogens is 414 g/mol. The Morgan fingerprint density at radius 3 is 2.77 bits per heavy atom. The second-order valence-corrected chi connectivity index (χ2v) is 7.71. The minimum Gasteiger partial charge on any atom is -0.423 e. The number of aryl methyl sites for hydroxylation is 1. The summed E-state index contributed by atoms with van der Waals surface area (Å²) in [7, 11) is 0. The van der Waals surface area contributed by atoms with Gasteiger partial charge in [0.2, 0.25) is 5.16 Å². The Labute approximate surface area is 162 Å². The summed E-state index contributed by atoms with van der Waals surface area (Å²) in [6.45, 7) is 2.05. The first-order valence-electron chi connectivity index (χ1n) is 7.93. The molecule has 0 radical (unpaired) electrons. The third-order valence-corrected chi connectivity index (χ3v) is 5.33. The number of halogens is 1. The summed E-state index contributed by atoms with van der Waals surface area (Å²) < 4.78 is 6.14. The maximum atomic E-state index is 11.8. The van der Waals surface area contributed by atoms with Crippen LogP contribution in [0.15, 0.2) is 67.4 Å². The van der Waals surface area contributed by atoms with Crippen LogP contribution in [0.25, 0.3) is 22.4 Å². The number of rotatable bonds is 4. The molecule has 4 rings (SSSR count). The largest absolute Gasteiger partial charge is 0.423 e. The fourth-order valence-electron chi connectivity index (χ4n) is 2.62. The van der Waals surface area contributed by atoms with Gasteiger partial charge >= 0.3 is 5.63 Å². The SMILES string of the molecule is Cc1ccc(-c2nc(SCc3cc(=O)oc4cc(Br)ccc34)n[nH]2)cc1. The monoisotopic (exact) mass is 427 g/mol. The highest BCUT2D eigenvalue weighted by Crippen LogP contribution is 2.27. The number of aromatic nitrogens is 3. The Morgan fingerprint density at radius 1 is 1.15 bits per heavy atom. The van der Waals surface area contributed by atoms with Gasteiger partial charge in [-0.2, -0.15) is 0 Å². The van der Waals surface area contributed by atoms with E-state index >= 15 is 0 Å². The van der Waals surface area contributed by atoms with Gasteiger partial charge in [-0.05, 0) is 30.7 Å². The molecule has 0 aliphatic rings. The van der Waals surface area contributed by atoms with Gasteiger partial charge in [-0.25, -0.2) is 9.78 Å². The number of fused-ring (bicyclic) bond motifs is 1. The van der Waals surface area contributed by atoms with Gasteiger partial charge < -0.3 is 4.42 Å². The smallest absolute Gasteiger partial charge is 0.336 e. The first-order valence-corrected chi connectivity index (χ1v) is 9.71. The summed E-state index contributed by atoms with van der Waals surface area (Å²) in [5.74, 6) is 1.31. The second-order valence-electron chi connectivity index (χ2n) is 5.85. The average molecular weight is 428 g/mol. The van der Waals surface area contributed by atoms with Crippen molar-refractivity contribution in [3.8, 4) is 11.4 Å². The standard InChI is InChI=1S/C19H14BrN3O2S/c1-11-2-4-12(5-3-11)18-21-19(23-22-18)26-10-13-8-17(24)25-16-9-14(20)6-7-15(13)16/h2-9H,10H2,1H3,(H,21,22,23). The van der Waals surface area contributed by atoms with E-state index in [1.165, 1.54) is 23.4 Å². The molecule has 2 heterocycles. The number of aromatic amines is 1. The molecule has 1 N–H and O–H groups in total. The van der Waals surface area contributed by atoms with Crippen molar-refractivity contribution in [3.05, 3.63) is 74.6 Å². The van der Waals surface area contributed by atoms with Gasteiger partial charge in [0, 0.05) is 27.2 Å². The predicted octanol–water partition coefficient (Wildman–Crippen LogP) is 4.94. The zero-order valence-electron chi connectivity index (χ0n) is 13.8. The zero-order valence-corrected chi connectivity index (χ0v) is 16.2. The van der Waals surface area contributed by atoms with Crippen LogP contribution in [0.3, 0.4) is 0 Å². The molecule has 0 saturated carbocycles. The summed E-state index contributed by atoms with van der Waals surface area (Å²) in [5, 5.41) is 8.78. The second kappa shape index (κ2) is 7.09. The Hall–Kier alpha value is -2.38. The Kier molecular flexibility index (Phi) is 4.65. The number of hydrogen-bond acceptors (Lipinski definition) is 5. The van der Waals surface area contributed by atoms with Gasteiger partial charge in [0.1, 0.15) is 5.58 Å². The molecule has 130 valence electrons. The number of thioether (sulfide) groups is 1. The average Bonchev–Trinajstić information content (AvgIpc) is 3.08. The molecule has 5 nitrogen and oxygen atoms in total. The van der Waals surface area contributed by atoms with Crippen molar-refractivity contribution in [2.45, 2.75) is 17.8 Å². The normalized spacial score (nSPS) is 11.2. The van der Waals surface area contributed by atoms with Gasteiger partial charge in [0.15, 0.2) is 5.82 Å². The van der Waals surface area contributed by atoms with Crippen LogP contribution in [0.1, 0.15) is 11.1 Å². The lowest BCUT2D eigenvalue weighted by atomic mass is 10.1. The van der Waals surface area contributed by atoms with Crippen molar-refractivity contribution < 1.29 is 4.42 Å².